The molecule has 1 atom stereocenters. The molecule has 1 aliphatic rings. The summed E-state index contributed by atoms with van der Waals surface area (Å²) in [6, 6.07) is 8.33. The van der Waals surface area contributed by atoms with E-state index in [-0.39, 0.29) is 28.6 Å². The Kier molecular flexibility index (Phi) is 5.17. The standard InChI is InChI=1S/C17H16ClFN2O4S/c1-25-15-7-6-11(10-13(15)18)26(23,24)21-9-8-20-17(22)16(21)12-4-2-3-5-14(12)19/h2-7,10,16H,8-9H2,1H3,(H,20,22). The molecule has 1 unspecified atom stereocenters. The number of piperazine rings is 1. The van der Waals surface area contributed by atoms with Crippen molar-refractivity contribution in [3.05, 3.63) is 58.9 Å². The lowest BCUT2D eigenvalue weighted by Gasteiger charge is -2.34. The van der Waals surface area contributed by atoms with Crippen LogP contribution >= 0.6 is 11.6 Å². The Hall–Kier alpha value is -2.16. The van der Waals surface area contributed by atoms with Gasteiger partial charge in [0.05, 0.1) is 17.0 Å². The topological polar surface area (TPSA) is 75.7 Å². The third-order valence-electron chi connectivity index (χ3n) is 4.10. The van der Waals surface area contributed by atoms with Crippen molar-refractivity contribution in [3.8, 4) is 5.75 Å². The van der Waals surface area contributed by atoms with Crippen LogP contribution in [0.15, 0.2) is 47.4 Å². The molecule has 1 N–H and O–H groups in total. The predicted octanol–water partition coefficient (Wildman–Crippen LogP) is 2.35. The first-order valence-corrected chi connectivity index (χ1v) is 9.55. The number of carbonyl (C=O) groups is 1. The van der Waals surface area contributed by atoms with Crippen molar-refractivity contribution in [2.24, 2.45) is 0 Å². The van der Waals surface area contributed by atoms with Crippen molar-refractivity contribution in [2.45, 2.75) is 10.9 Å². The number of hydrogen-bond acceptors (Lipinski definition) is 4. The number of benzene rings is 2. The van der Waals surface area contributed by atoms with Crippen molar-refractivity contribution in [3.63, 3.8) is 0 Å². The van der Waals surface area contributed by atoms with Crippen LogP contribution in [0.2, 0.25) is 5.02 Å². The summed E-state index contributed by atoms with van der Waals surface area (Å²) in [4.78, 5) is 12.3. The second-order valence-corrected chi connectivity index (χ2v) is 7.92. The number of ether oxygens (including phenoxy) is 1. The molecule has 0 aliphatic carbocycles. The molecular formula is C17H16ClFN2O4S. The van der Waals surface area contributed by atoms with Crippen molar-refractivity contribution in [1.29, 1.82) is 0 Å². The highest BCUT2D eigenvalue weighted by atomic mass is 35.5. The predicted molar refractivity (Wildman–Crippen MR) is 94.0 cm³/mol. The van der Waals surface area contributed by atoms with Gasteiger partial charge in [0.2, 0.25) is 15.9 Å². The minimum absolute atomic E-state index is 0.00659. The smallest absolute Gasteiger partial charge is 0.244 e. The number of hydrogen-bond donors (Lipinski definition) is 1. The van der Waals surface area contributed by atoms with Gasteiger partial charge in [0.1, 0.15) is 17.6 Å². The highest BCUT2D eigenvalue weighted by molar-refractivity contribution is 7.89. The highest BCUT2D eigenvalue weighted by Gasteiger charge is 2.40. The molecule has 2 aromatic carbocycles. The SMILES string of the molecule is COc1ccc(S(=O)(=O)N2CCNC(=O)C2c2ccccc2F)cc1Cl. The molecule has 1 amide bonds. The zero-order valence-corrected chi connectivity index (χ0v) is 15.3. The largest absolute Gasteiger partial charge is 0.495 e. The van der Waals surface area contributed by atoms with Crippen LogP contribution in [0.3, 0.4) is 0 Å². The van der Waals surface area contributed by atoms with Crippen LogP contribution in [-0.2, 0) is 14.8 Å². The van der Waals surface area contributed by atoms with E-state index >= 15 is 0 Å². The fourth-order valence-electron chi connectivity index (χ4n) is 2.84. The van der Waals surface area contributed by atoms with Gasteiger partial charge in [-0.2, -0.15) is 4.31 Å². The van der Waals surface area contributed by atoms with Gasteiger partial charge in [0.15, 0.2) is 0 Å². The molecule has 1 fully saturated rings. The summed E-state index contributed by atoms with van der Waals surface area (Å²) in [7, 11) is -2.68. The molecular weight excluding hydrogens is 383 g/mol. The molecule has 2 aromatic rings. The maximum atomic E-state index is 14.2. The van der Waals surface area contributed by atoms with Gasteiger partial charge in [-0.1, -0.05) is 29.8 Å². The van der Waals surface area contributed by atoms with E-state index in [2.05, 4.69) is 5.32 Å². The number of methoxy groups -OCH3 is 1. The average molecular weight is 399 g/mol. The Bertz CT molecular complexity index is 952. The van der Waals surface area contributed by atoms with Crippen LogP contribution in [0.25, 0.3) is 0 Å². The van der Waals surface area contributed by atoms with Gasteiger partial charge in [-0.25, -0.2) is 12.8 Å². The number of nitrogens with one attached hydrogen (secondary N) is 1. The summed E-state index contributed by atoms with van der Waals surface area (Å²) in [5.41, 5.74) is -0.00659. The number of nitrogens with zero attached hydrogens (tertiary/aromatic N) is 1. The highest BCUT2D eigenvalue weighted by Crippen LogP contribution is 2.33. The molecule has 6 nitrogen and oxygen atoms in total. The fraction of sp³-hybridized carbons (Fsp3) is 0.235. The third kappa shape index (κ3) is 3.27. The molecule has 0 aromatic heterocycles. The third-order valence-corrected chi connectivity index (χ3v) is 6.25. The van der Waals surface area contributed by atoms with E-state index in [9.17, 15) is 17.6 Å². The Labute approximate surface area is 155 Å². The lowest BCUT2D eigenvalue weighted by molar-refractivity contribution is -0.127. The quantitative estimate of drug-likeness (QED) is 0.857. The number of rotatable bonds is 4. The molecule has 1 heterocycles. The van der Waals surface area contributed by atoms with Crippen molar-refractivity contribution < 1.29 is 22.3 Å². The summed E-state index contributed by atoms with van der Waals surface area (Å²) in [5, 5.41) is 2.71. The Morgan fingerprint density at radius 3 is 2.65 bits per heavy atom. The van der Waals surface area contributed by atoms with Gasteiger partial charge < -0.3 is 10.1 Å². The van der Waals surface area contributed by atoms with Gasteiger partial charge in [0, 0.05) is 18.7 Å². The van der Waals surface area contributed by atoms with Crippen LogP contribution < -0.4 is 10.1 Å². The second-order valence-electron chi connectivity index (χ2n) is 5.63. The van der Waals surface area contributed by atoms with Gasteiger partial charge in [-0.15, -0.1) is 0 Å². The summed E-state index contributed by atoms with van der Waals surface area (Å²) in [6.45, 7) is 0.142. The maximum absolute atomic E-state index is 14.2. The average Bonchev–Trinajstić information content (AvgIpc) is 2.62. The van der Waals surface area contributed by atoms with Crippen molar-refractivity contribution in [2.75, 3.05) is 20.2 Å². The lowest BCUT2D eigenvalue weighted by Crippen LogP contribution is -2.52. The fourth-order valence-corrected chi connectivity index (χ4v) is 4.76. The number of amides is 1. The molecule has 0 saturated carbocycles. The number of sulfonamides is 1. The summed E-state index contributed by atoms with van der Waals surface area (Å²) >= 11 is 6.03. The summed E-state index contributed by atoms with van der Waals surface area (Å²) in [5.74, 6) is -0.903. The van der Waals surface area contributed by atoms with E-state index in [1.165, 1.54) is 43.5 Å². The van der Waals surface area contributed by atoms with E-state index in [1.807, 2.05) is 0 Å². The molecule has 138 valence electrons. The van der Waals surface area contributed by atoms with E-state index in [0.717, 1.165) is 4.31 Å². The monoisotopic (exact) mass is 398 g/mol. The first-order chi connectivity index (χ1) is 12.4. The van der Waals surface area contributed by atoms with E-state index < -0.39 is 27.8 Å². The van der Waals surface area contributed by atoms with Gasteiger partial charge in [-0.3, -0.25) is 4.79 Å². The first kappa shape index (κ1) is 18.6. The maximum Gasteiger partial charge on any atom is 0.244 e. The number of halogens is 2. The van der Waals surface area contributed by atoms with Gasteiger partial charge in [0.25, 0.3) is 0 Å². The first-order valence-electron chi connectivity index (χ1n) is 7.74. The Balaban J connectivity index is 2.08. The summed E-state index contributed by atoms with van der Waals surface area (Å²) < 4.78 is 46.5. The van der Waals surface area contributed by atoms with E-state index in [4.69, 9.17) is 16.3 Å². The molecule has 0 radical (unpaired) electrons. The number of carbonyl (C=O) groups excluding carboxylic acids is 1. The van der Waals surface area contributed by atoms with E-state index in [0.29, 0.717) is 5.75 Å². The second kappa shape index (κ2) is 7.22. The molecule has 0 spiro atoms. The molecule has 9 heteroatoms. The molecule has 1 aliphatic heterocycles. The van der Waals surface area contributed by atoms with Crippen LogP contribution in [0.4, 0.5) is 4.39 Å². The van der Waals surface area contributed by atoms with Crippen LogP contribution in [-0.4, -0.2) is 38.8 Å². The minimum atomic E-state index is -4.09. The van der Waals surface area contributed by atoms with Gasteiger partial charge >= 0.3 is 0 Å². The van der Waals surface area contributed by atoms with Crippen LogP contribution in [0.1, 0.15) is 11.6 Å². The van der Waals surface area contributed by atoms with Gasteiger partial charge in [-0.05, 0) is 24.3 Å². The lowest BCUT2D eigenvalue weighted by atomic mass is 10.0. The van der Waals surface area contributed by atoms with Crippen molar-refractivity contribution >= 4 is 27.5 Å². The summed E-state index contributed by atoms with van der Waals surface area (Å²) in [6.07, 6.45) is 0. The Morgan fingerprint density at radius 2 is 2.00 bits per heavy atom. The Morgan fingerprint density at radius 1 is 1.27 bits per heavy atom. The van der Waals surface area contributed by atoms with Crippen LogP contribution in [0, 0.1) is 5.82 Å². The van der Waals surface area contributed by atoms with Crippen LogP contribution in [0.5, 0.6) is 5.75 Å². The zero-order valence-electron chi connectivity index (χ0n) is 13.8. The van der Waals surface area contributed by atoms with Crippen molar-refractivity contribution in [1.82, 2.24) is 9.62 Å². The van der Waals surface area contributed by atoms with E-state index in [1.54, 1.807) is 6.07 Å². The molecule has 0 bridgehead atoms. The normalized spacial score (nSPS) is 18.4. The molecule has 1 saturated heterocycles. The zero-order chi connectivity index (χ0) is 18.9. The molecule has 26 heavy (non-hydrogen) atoms. The molecule has 3 rings (SSSR count). The minimum Gasteiger partial charge on any atom is -0.495 e.